The molecule has 1 fully saturated rings. The minimum absolute atomic E-state index is 0.0788. The van der Waals surface area contributed by atoms with Crippen LogP contribution in [-0.4, -0.2) is 28.9 Å². The van der Waals surface area contributed by atoms with Crippen LogP contribution in [0, 0.1) is 0 Å². The number of thiophene rings is 1. The van der Waals surface area contributed by atoms with Gasteiger partial charge in [-0.3, -0.25) is 19.8 Å². The van der Waals surface area contributed by atoms with Crippen LogP contribution < -0.4 is 10.2 Å². The zero-order chi connectivity index (χ0) is 22.6. The van der Waals surface area contributed by atoms with Crippen molar-refractivity contribution in [2.45, 2.75) is 19.3 Å². The maximum atomic E-state index is 12.6. The first-order valence-corrected chi connectivity index (χ1v) is 11.5. The molecule has 0 saturated carbocycles. The van der Waals surface area contributed by atoms with E-state index in [0.717, 1.165) is 21.3 Å². The first-order valence-electron chi connectivity index (χ1n) is 10.2. The molecular formula is C25H21N3O2S2. The second kappa shape index (κ2) is 7.39. The van der Waals surface area contributed by atoms with Gasteiger partial charge in [0.15, 0.2) is 5.11 Å². The van der Waals surface area contributed by atoms with Crippen molar-refractivity contribution in [3.05, 3.63) is 82.2 Å². The molecule has 1 saturated heterocycles. The summed E-state index contributed by atoms with van der Waals surface area (Å²) in [5.41, 5.74) is 4.73. The Bertz CT molecular complexity index is 1270. The summed E-state index contributed by atoms with van der Waals surface area (Å²) in [4.78, 5) is 29.3. The summed E-state index contributed by atoms with van der Waals surface area (Å²) in [7, 11) is 1.56. The molecule has 32 heavy (non-hydrogen) atoms. The minimum Gasteiger partial charge on any atom is -0.301 e. The molecule has 2 amide bonds. The first-order chi connectivity index (χ1) is 15.3. The van der Waals surface area contributed by atoms with E-state index < -0.39 is 11.8 Å². The van der Waals surface area contributed by atoms with Crippen molar-refractivity contribution >= 4 is 62.9 Å². The number of anilines is 3. The summed E-state index contributed by atoms with van der Waals surface area (Å²) >= 11 is 6.56. The van der Waals surface area contributed by atoms with Crippen LogP contribution in [-0.2, 0) is 15.0 Å². The van der Waals surface area contributed by atoms with Gasteiger partial charge in [-0.05, 0) is 53.7 Å². The molecule has 2 aliphatic rings. The summed E-state index contributed by atoms with van der Waals surface area (Å²) in [6.45, 7) is 4.50. The van der Waals surface area contributed by atoms with E-state index in [0.29, 0.717) is 0 Å². The lowest BCUT2D eigenvalue weighted by Gasteiger charge is -2.41. The van der Waals surface area contributed by atoms with Crippen molar-refractivity contribution in [3.63, 3.8) is 0 Å². The van der Waals surface area contributed by atoms with E-state index in [1.165, 1.54) is 27.4 Å². The molecule has 0 radical (unpaired) electrons. The molecule has 0 aliphatic carbocycles. The quantitative estimate of drug-likeness (QED) is 0.329. The highest BCUT2D eigenvalue weighted by Gasteiger charge is 2.37. The van der Waals surface area contributed by atoms with Crippen LogP contribution in [0.5, 0.6) is 0 Å². The van der Waals surface area contributed by atoms with Crippen molar-refractivity contribution in [3.8, 4) is 0 Å². The molecule has 0 unspecified atom stereocenters. The number of nitrogens with one attached hydrogen (secondary N) is 1. The molecule has 3 aromatic rings. The lowest BCUT2D eigenvalue weighted by molar-refractivity contribution is -0.128. The highest BCUT2D eigenvalue weighted by molar-refractivity contribution is 7.80. The molecule has 0 atom stereocenters. The van der Waals surface area contributed by atoms with Gasteiger partial charge in [-0.15, -0.1) is 11.3 Å². The smallest absolute Gasteiger partial charge is 0.265 e. The van der Waals surface area contributed by atoms with Gasteiger partial charge >= 0.3 is 0 Å². The van der Waals surface area contributed by atoms with Crippen molar-refractivity contribution < 1.29 is 9.59 Å². The van der Waals surface area contributed by atoms with Gasteiger partial charge in [-0.2, -0.15) is 0 Å². The average Bonchev–Trinajstić information content (AvgIpc) is 3.24. The second-order valence-electron chi connectivity index (χ2n) is 8.35. The van der Waals surface area contributed by atoms with Crippen molar-refractivity contribution in [2.75, 3.05) is 11.9 Å². The summed E-state index contributed by atoms with van der Waals surface area (Å²) in [6.07, 6.45) is 1.63. The van der Waals surface area contributed by atoms with Crippen molar-refractivity contribution in [1.82, 2.24) is 10.2 Å². The minimum atomic E-state index is -0.469. The van der Waals surface area contributed by atoms with E-state index in [9.17, 15) is 9.59 Å². The van der Waals surface area contributed by atoms with Crippen LogP contribution in [0.1, 0.15) is 29.9 Å². The number of carbonyl (C=O) groups excluding carboxylic acids is 2. The molecule has 0 bridgehead atoms. The molecule has 160 valence electrons. The normalized spacial score (nSPS) is 18.5. The predicted octanol–water partition coefficient (Wildman–Crippen LogP) is 5.11. The summed E-state index contributed by atoms with van der Waals surface area (Å²) in [5.74, 6) is -0.868. The third-order valence-electron chi connectivity index (χ3n) is 6.06. The number of benzene rings is 2. The lowest BCUT2D eigenvalue weighted by Crippen LogP contribution is -2.52. The summed E-state index contributed by atoms with van der Waals surface area (Å²) < 4.78 is 0. The van der Waals surface area contributed by atoms with Gasteiger partial charge in [0.25, 0.3) is 11.8 Å². The predicted molar refractivity (Wildman–Crippen MR) is 133 cm³/mol. The van der Waals surface area contributed by atoms with E-state index in [2.05, 4.69) is 72.6 Å². The molecule has 7 heteroatoms. The topological polar surface area (TPSA) is 52.7 Å². The largest absolute Gasteiger partial charge is 0.301 e. The fourth-order valence-corrected chi connectivity index (χ4v) is 5.49. The fraction of sp³-hybridized carbons (Fsp3) is 0.160. The monoisotopic (exact) mass is 459 g/mol. The highest BCUT2D eigenvalue weighted by atomic mass is 32.1. The number of fused-ring (bicyclic) bond motifs is 2. The maximum Gasteiger partial charge on any atom is 0.265 e. The molecule has 0 spiro atoms. The standard InChI is InChI=1S/C25H21N3O2S2/c1-25(2)17-8-4-6-10-19(17)28(20-11-7-5-9-18(20)25)21-13-12-15(32-21)14-16-22(29)26-24(31)27(3)23(16)30/h4-14H,1-3H3,(H,26,29,31)/b16-14-. The van der Waals surface area contributed by atoms with Gasteiger partial charge in [-0.1, -0.05) is 50.2 Å². The Kier molecular flexibility index (Phi) is 4.76. The first kappa shape index (κ1) is 20.6. The summed E-state index contributed by atoms with van der Waals surface area (Å²) in [6, 6.07) is 20.9. The highest BCUT2D eigenvalue weighted by Crippen LogP contribution is 2.52. The Hall–Kier alpha value is -3.29. The van der Waals surface area contributed by atoms with Crippen LogP contribution in [0.2, 0.25) is 0 Å². The Morgan fingerprint density at radius 1 is 0.938 bits per heavy atom. The van der Waals surface area contributed by atoms with Gasteiger partial charge in [0.1, 0.15) is 10.6 Å². The van der Waals surface area contributed by atoms with Crippen LogP contribution in [0.4, 0.5) is 16.4 Å². The number of rotatable bonds is 2. The number of hydrogen-bond donors (Lipinski definition) is 1. The van der Waals surface area contributed by atoms with Gasteiger partial charge in [0.05, 0.1) is 11.4 Å². The zero-order valence-corrected chi connectivity index (χ0v) is 19.5. The van der Waals surface area contributed by atoms with Crippen LogP contribution >= 0.6 is 23.6 Å². The Morgan fingerprint density at radius 2 is 1.53 bits per heavy atom. The number of nitrogens with zero attached hydrogens (tertiary/aromatic N) is 2. The van der Waals surface area contributed by atoms with E-state index >= 15 is 0 Å². The Morgan fingerprint density at radius 3 is 2.16 bits per heavy atom. The fourth-order valence-electron chi connectivity index (χ4n) is 4.33. The molecular weight excluding hydrogens is 438 g/mol. The van der Waals surface area contributed by atoms with Crippen LogP contribution in [0.3, 0.4) is 0 Å². The van der Waals surface area contributed by atoms with E-state index in [-0.39, 0.29) is 16.1 Å². The number of hydrogen-bond acceptors (Lipinski definition) is 5. The molecule has 5 rings (SSSR count). The number of para-hydroxylation sites is 2. The molecule has 5 nitrogen and oxygen atoms in total. The van der Waals surface area contributed by atoms with Gasteiger partial charge in [0, 0.05) is 17.3 Å². The van der Waals surface area contributed by atoms with Gasteiger partial charge in [0.2, 0.25) is 0 Å². The summed E-state index contributed by atoms with van der Waals surface area (Å²) in [5, 5.41) is 3.69. The van der Waals surface area contributed by atoms with Gasteiger partial charge < -0.3 is 4.90 Å². The van der Waals surface area contributed by atoms with E-state index in [1.807, 2.05) is 12.1 Å². The second-order valence-corrected chi connectivity index (χ2v) is 9.83. The van der Waals surface area contributed by atoms with Crippen molar-refractivity contribution in [1.29, 1.82) is 0 Å². The van der Waals surface area contributed by atoms with Gasteiger partial charge in [-0.25, -0.2) is 0 Å². The maximum absolute atomic E-state index is 12.6. The van der Waals surface area contributed by atoms with E-state index in [4.69, 9.17) is 12.2 Å². The Balaban J connectivity index is 1.60. The number of amides is 2. The molecule has 1 aromatic heterocycles. The van der Waals surface area contributed by atoms with Crippen LogP contribution in [0.25, 0.3) is 6.08 Å². The Labute approximate surface area is 196 Å². The average molecular weight is 460 g/mol. The molecule has 2 aliphatic heterocycles. The third kappa shape index (κ3) is 3.08. The van der Waals surface area contributed by atoms with Crippen molar-refractivity contribution in [2.24, 2.45) is 0 Å². The molecule has 2 aromatic carbocycles. The SMILES string of the molecule is CN1C(=O)/C(=C\c2ccc(N3c4ccccc4C(C)(C)c4ccccc43)s2)C(=O)NC1=S. The number of thiocarbonyl (C=S) groups is 1. The molecule has 3 heterocycles. The van der Waals surface area contributed by atoms with Crippen LogP contribution in [0.15, 0.2) is 66.2 Å². The lowest BCUT2D eigenvalue weighted by atomic mass is 9.74. The zero-order valence-electron chi connectivity index (χ0n) is 17.9. The third-order valence-corrected chi connectivity index (χ3v) is 7.45. The number of carbonyl (C=O) groups is 2. The number of likely N-dealkylation sites (N-methyl/N-ethyl adjacent to an activating group) is 1. The molecule has 1 N–H and O–H groups in total. The van der Waals surface area contributed by atoms with E-state index in [1.54, 1.807) is 13.1 Å².